The molecule has 1 saturated carbocycles. The Morgan fingerprint density at radius 3 is 2.14 bits per heavy atom. The van der Waals surface area contributed by atoms with Crippen molar-refractivity contribution in [1.82, 2.24) is 4.90 Å². The molecule has 0 radical (unpaired) electrons. The van der Waals surface area contributed by atoms with E-state index in [9.17, 15) is 9.59 Å². The van der Waals surface area contributed by atoms with Gasteiger partial charge in [0.2, 0.25) is 11.6 Å². The third-order valence-electron chi connectivity index (χ3n) is 6.01. The van der Waals surface area contributed by atoms with Crippen molar-refractivity contribution >= 4 is 12.6 Å². The second-order valence-electron chi connectivity index (χ2n) is 8.89. The molecule has 0 aromatic carbocycles. The predicted octanol–water partition coefficient (Wildman–Crippen LogP) is 1.82. The number of rotatable bonds is 4. The van der Waals surface area contributed by atoms with E-state index in [1.165, 1.54) is 14.2 Å². The lowest BCUT2D eigenvalue weighted by Crippen LogP contribution is -2.74. The van der Waals surface area contributed by atoms with Gasteiger partial charge in [-0.25, -0.2) is 4.79 Å². The largest absolute Gasteiger partial charge is 0.459 e. The van der Waals surface area contributed by atoms with Crippen LogP contribution in [0.1, 0.15) is 47.5 Å². The molecule has 1 spiro atoms. The molecule has 1 amide bonds. The number of piperidine rings is 1. The highest BCUT2D eigenvalue weighted by atomic mass is 16.8. The van der Waals surface area contributed by atoms with Gasteiger partial charge in [-0.2, -0.15) is 0 Å². The summed E-state index contributed by atoms with van der Waals surface area (Å²) in [5.41, 5.74) is -1.31. The molecule has 2 saturated heterocycles. The topological polar surface area (TPSA) is 92.8 Å². The number of methoxy groups -OCH3 is 2. The monoisotopic (exact) mass is 401 g/mol. The van der Waals surface area contributed by atoms with E-state index in [2.05, 4.69) is 0 Å². The molecule has 0 bridgehead atoms. The van der Waals surface area contributed by atoms with Crippen LogP contribution in [0.3, 0.4) is 0 Å². The summed E-state index contributed by atoms with van der Waals surface area (Å²) in [5.74, 6) is -2.44. The number of likely N-dealkylation sites (tertiary alicyclic amines) is 1. The van der Waals surface area contributed by atoms with Gasteiger partial charge in [-0.05, 0) is 47.5 Å². The van der Waals surface area contributed by atoms with Crippen molar-refractivity contribution in [2.45, 2.75) is 88.5 Å². The van der Waals surface area contributed by atoms with Crippen LogP contribution < -0.4 is 0 Å². The standard InChI is InChI=1S/C19H31NO8/c1-16(2,3)28-15(22)20-10-12-13(14(25-11-21)19(20)8-9-19)27-18(5,24-7)17(4,23-6)26-12/h11-14H,8-10H2,1-7H3/t12-,13+,14-,17+,18+/m1/s1. The summed E-state index contributed by atoms with van der Waals surface area (Å²) < 4.78 is 34.7. The molecule has 3 rings (SSSR count). The molecular weight excluding hydrogens is 370 g/mol. The first-order chi connectivity index (χ1) is 13.0. The van der Waals surface area contributed by atoms with Crippen molar-refractivity contribution in [3.05, 3.63) is 0 Å². The highest BCUT2D eigenvalue weighted by Gasteiger charge is 2.70. The first-order valence-electron chi connectivity index (χ1n) is 9.51. The van der Waals surface area contributed by atoms with Gasteiger partial charge in [0.25, 0.3) is 6.47 Å². The number of hydrogen-bond acceptors (Lipinski definition) is 8. The quantitative estimate of drug-likeness (QED) is 0.659. The number of amides is 1. The number of fused-ring (bicyclic) bond motifs is 1. The fourth-order valence-electron chi connectivity index (χ4n) is 4.11. The number of hydrogen-bond donors (Lipinski definition) is 0. The van der Waals surface area contributed by atoms with Crippen LogP contribution in [0.25, 0.3) is 0 Å². The van der Waals surface area contributed by atoms with E-state index in [4.69, 9.17) is 28.4 Å². The third kappa shape index (κ3) is 3.28. The van der Waals surface area contributed by atoms with Crippen molar-refractivity contribution < 1.29 is 38.0 Å². The average molecular weight is 401 g/mol. The van der Waals surface area contributed by atoms with Gasteiger partial charge in [-0.1, -0.05) is 0 Å². The minimum Gasteiger partial charge on any atom is -0.459 e. The second-order valence-corrected chi connectivity index (χ2v) is 8.89. The van der Waals surface area contributed by atoms with Gasteiger partial charge in [0.1, 0.15) is 17.8 Å². The number of carbonyl (C=O) groups is 2. The summed E-state index contributed by atoms with van der Waals surface area (Å²) in [4.78, 5) is 25.8. The molecule has 160 valence electrons. The molecule has 2 heterocycles. The van der Waals surface area contributed by atoms with Crippen LogP contribution in [0.4, 0.5) is 4.79 Å². The summed E-state index contributed by atoms with van der Waals surface area (Å²) >= 11 is 0. The van der Waals surface area contributed by atoms with Gasteiger partial charge in [0.05, 0.1) is 12.1 Å². The Balaban J connectivity index is 1.95. The highest BCUT2D eigenvalue weighted by Crippen LogP contribution is 2.54. The maximum atomic E-state index is 12.9. The first kappa shape index (κ1) is 21.3. The molecule has 3 fully saturated rings. The summed E-state index contributed by atoms with van der Waals surface area (Å²) in [7, 11) is 3.00. The molecule has 5 atom stereocenters. The molecule has 9 nitrogen and oxygen atoms in total. The SMILES string of the molecule is CO[C@@]1(C)O[C@@H]2[C@@H](OC=O)C3(CC3)N(C(=O)OC(C)(C)C)C[C@H]2O[C@]1(C)OC. The van der Waals surface area contributed by atoms with Gasteiger partial charge in [-0.15, -0.1) is 0 Å². The average Bonchev–Trinajstić information content (AvgIpc) is 3.39. The van der Waals surface area contributed by atoms with Gasteiger partial charge < -0.3 is 28.4 Å². The van der Waals surface area contributed by atoms with Crippen molar-refractivity contribution in [2.75, 3.05) is 20.8 Å². The van der Waals surface area contributed by atoms with Crippen molar-refractivity contribution in [3.8, 4) is 0 Å². The third-order valence-corrected chi connectivity index (χ3v) is 6.01. The minimum atomic E-state index is -1.22. The molecular formula is C19H31NO8. The smallest absolute Gasteiger partial charge is 0.410 e. The van der Waals surface area contributed by atoms with Gasteiger partial charge >= 0.3 is 6.09 Å². The summed E-state index contributed by atoms with van der Waals surface area (Å²) in [6.45, 7) is 9.47. The van der Waals surface area contributed by atoms with Crippen LogP contribution in [0.5, 0.6) is 0 Å². The minimum absolute atomic E-state index is 0.233. The molecule has 1 aliphatic carbocycles. The van der Waals surface area contributed by atoms with E-state index < -0.39 is 47.1 Å². The van der Waals surface area contributed by atoms with Crippen LogP contribution in [-0.2, 0) is 33.2 Å². The zero-order valence-electron chi connectivity index (χ0n) is 17.6. The van der Waals surface area contributed by atoms with Crippen LogP contribution in [0.15, 0.2) is 0 Å². The molecule has 0 aromatic rings. The van der Waals surface area contributed by atoms with Crippen LogP contribution in [0.2, 0.25) is 0 Å². The van der Waals surface area contributed by atoms with E-state index in [0.29, 0.717) is 19.3 Å². The summed E-state index contributed by atoms with van der Waals surface area (Å²) in [6.07, 6.45) is -1.00. The Bertz CT molecular complexity index is 630. The van der Waals surface area contributed by atoms with E-state index >= 15 is 0 Å². The summed E-state index contributed by atoms with van der Waals surface area (Å²) in [5, 5.41) is 0. The fraction of sp³-hybridized carbons (Fsp3) is 0.895. The van der Waals surface area contributed by atoms with Crippen molar-refractivity contribution in [3.63, 3.8) is 0 Å². The normalized spacial score (nSPS) is 39.2. The van der Waals surface area contributed by atoms with E-state index in [1.54, 1.807) is 18.7 Å². The van der Waals surface area contributed by atoms with Crippen molar-refractivity contribution in [2.24, 2.45) is 0 Å². The highest BCUT2D eigenvalue weighted by molar-refractivity contribution is 5.70. The molecule has 2 aliphatic heterocycles. The number of ether oxygens (including phenoxy) is 6. The molecule has 9 heteroatoms. The Hall–Kier alpha value is -1.42. The lowest BCUT2D eigenvalue weighted by molar-refractivity contribution is -0.460. The zero-order valence-corrected chi connectivity index (χ0v) is 17.6. The molecule has 0 aromatic heterocycles. The van der Waals surface area contributed by atoms with Gasteiger partial charge in [0.15, 0.2) is 6.10 Å². The lowest BCUT2D eigenvalue weighted by atomic mass is 9.89. The van der Waals surface area contributed by atoms with E-state index in [-0.39, 0.29) is 6.54 Å². The lowest BCUT2D eigenvalue weighted by Gasteiger charge is -2.57. The molecule has 0 N–H and O–H groups in total. The first-order valence-corrected chi connectivity index (χ1v) is 9.51. The zero-order chi connectivity index (χ0) is 21.0. The van der Waals surface area contributed by atoms with Crippen LogP contribution >= 0.6 is 0 Å². The molecule has 3 aliphatic rings. The Morgan fingerprint density at radius 2 is 1.68 bits per heavy atom. The summed E-state index contributed by atoms with van der Waals surface area (Å²) in [6, 6.07) is 0. The maximum absolute atomic E-state index is 12.9. The molecule has 28 heavy (non-hydrogen) atoms. The Kier molecular flexibility index (Phi) is 5.19. The fourth-order valence-corrected chi connectivity index (χ4v) is 4.11. The Morgan fingerprint density at radius 1 is 1.11 bits per heavy atom. The van der Waals surface area contributed by atoms with Gasteiger partial charge in [0, 0.05) is 14.2 Å². The predicted molar refractivity (Wildman–Crippen MR) is 96.4 cm³/mol. The van der Waals surface area contributed by atoms with Gasteiger partial charge in [-0.3, -0.25) is 9.69 Å². The Labute approximate surface area is 165 Å². The van der Waals surface area contributed by atoms with E-state index in [0.717, 1.165) is 0 Å². The van der Waals surface area contributed by atoms with E-state index in [1.807, 2.05) is 20.8 Å². The number of nitrogens with zero attached hydrogens (tertiary/aromatic N) is 1. The van der Waals surface area contributed by atoms with Crippen LogP contribution in [-0.4, -0.2) is 79.3 Å². The number of carbonyl (C=O) groups excluding carboxylic acids is 2. The maximum Gasteiger partial charge on any atom is 0.410 e. The second kappa shape index (κ2) is 6.83. The van der Waals surface area contributed by atoms with Crippen LogP contribution in [0, 0.1) is 0 Å². The van der Waals surface area contributed by atoms with Crippen molar-refractivity contribution in [1.29, 1.82) is 0 Å². The molecule has 0 unspecified atom stereocenters.